The minimum Gasteiger partial charge on any atom is -0.496 e. The number of rotatable bonds is 5. The molecule has 3 aromatic carbocycles. The summed E-state index contributed by atoms with van der Waals surface area (Å²) < 4.78 is 5.48. The molecule has 0 aliphatic carbocycles. The number of anilines is 1. The first-order valence-electron chi connectivity index (χ1n) is 9.26. The Hall–Kier alpha value is -3.02. The average molecular weight is 436 g/mol. The Morgan fingerprint density at radius 3 is 2.30 bits per heavy atom. The Balaban J connectivity index is 1.88. The number of ether oxygens (including phenoxy) is 1. The minimum absolute atomic E-state index is 0.334. The van der Waals surface area contributed by atoms with E-state index in [1.807, 2.05) is 49.4 Å². The molecule has 0 N–H and O–H groups in total. The first-order valence-corrected chi connectivity index (χ1v) is 10.5. The number of para-hydroxylation sites is 1. The van der Waals surface area contributed by atoms with Gasteiger partial charge >= 0.3 is 0 Å². The number of carbonyl (C=O) groups excluding carboxylic acids is 2. The highest BCUT2D eigenvalue weighted by molar-refractivity contribution is 8.04. The topological polar surface area (TPSA) is 46.6 Å². The van der Waals surface area contributed by atoms with Gasteiger partial charge in [0.15, 0.2) is 0 Å². The highest BCUT2D eigenvalue weighted by atomic mass is 35.5. The maximum Gasteiger partial charge on any atom is 0.272 e. The van der Waals surface area contributed by atoms with E-state index in [0.717, 1.165) is 10.5 Å². The SMILES string of the molecule is COc1ccccc1C1=C(Sc2ccccc2)C(=O)N(c2ccc(Cl)cc2C)C1=O. The number of amides is 2. The van der Waals surface area contributed by atoms with Gasteiger partial charge in [0.05, 0.1) is 23.3 Å². The Kier molecular flexibility index (Phi) is 5.66. The van der Waals surface area contributed by atoms with Gasteiger partial charge in [-0.2, -0.15) is 0 Å². The molecule has 0 aromatic heterocycles. The van der Waals surface area contributed by atoms with Crippen molar-refractivity contribution >= 4 is 46.4 Å². The van der Waals surface area contributed by atoms with E-state index in [0.29, 0.717) is 32.5 Å². The molecule has 0 radical (unpaired) electrons. The maximum atomic E-state index is 13.6. The molecule has 0 bridgehead atoms. The average Bonchev–Trinajstić information content (AvgIpc) is 2.98. The molecule has 0 atom stereocenters. The molecular weight excluding hydrogens is 418 g/mol. The Labute approximate surface area is 184 Å². The van der Waals surface area contributed by atoms with Gasteiger partial charge in [-0.3, -0.25) is 9.59 Å². The second kappa shape index (κ2) is 8.38. The van der Waals surface area contributed by atoms with Crippen LogP contribution in [0.2, 0.25) is 5.02 Å². The standard InChI is InChI=1S/C24H18ClNO3S/c1-15-14-16(25)12-13-19(15)26-23(27)21(18-10-6-7-11-20(18)29-2)22(24(26)28)30-17-8-4-3-5-9-17/h3-14H,1-2H3. The van der Waals surface area contributed by atoms with Crippen molar-refractivity contribution in [2.75, 3.05) is 12.0 Å². The number of thioether (sulfide) groups is 1. The van der Waals surface area contributed by atoms with Gasteiger partial charge < -0.3 is 4.74 Å². The van der Waals surface area contributed by atoms with Crippen molar-refractivity contribution in [2.45, 2.75) is 11.8 Å². The number of benzene rings is 3. The van der Waals surface area contributed by atoms with Gasteiger partial charge in [0.1, 0.15) is 5.75 Å². The summed E-state index contributed by atoms with van der Waals surface area (Å²) in [4.78, 5) is 29.5. The van der Waals surface area contributed by atoms with Crippen LogP contribution in [0.1, 0.15) is 11.1 Å². The minimum atomic E-state index is -0.381. The van der Waals surface area contributed by atoms with Crippen molar-refractivity contribution in [1.29, 1.82) is 0 Å². The van der Waals surface area contributed by atoms with Gasteiger partial charge in [-0.05, 0) is 48.9 Å². The fourth-order valence-electron chi connectivity index (χ4n) is 3.39. The summed E-state index contributed by atoms with van der Waals surface area (Å²) in [5, 5.41) is 0.548. The van der Waals surface area contributed by atoms with E-state index < -0.39 is 0 Å². The number of halogens is 1. The van der Waals surface area contributed by atoms with Gasteiger partial charge in [-0.25, -0.2) is 4.90 Å². The summed E-state index contributed by atoms with van der Waals surface area (Å²) in [5.74, 6) is -0.206. The van der Waals surface area contributed by atoms with E-state index in [2.05, 4.69) is 0 Å². The number of hydrogen-bond acceptors (Lipinski definition) is 4. The highest BCUT2D eigenvalue weighted by Crippen LogP contribution is 2.44. The van der Waals surface area contributed by atoms with Gasteiger partial charge in [-0.15, -0.1) is 0 Å². The summed E-state index contributed by atoms with van der Waals surface area (Å²) in [7, 11) is 1.55. The number of nitrogens with zero attached hydrogens (tertiary/aromatic N) is 1. The van der Waals surface area contributed by atoms with Gasteiger partial charge in [0.25, 0.3) is 11.8 Å². The number of imide groups is 1. The summed E-state index contributed by atoms with van der Waals surface area (Å²) in [6, 6.07) is 21.9. The zero-order chi connectivity index (χ0) is 21.3. The largest absolute Gasteiger partial charge is 0.496 e. The lowest BCUT2D eigenvalue weighted by Crippen LogP contribution is -2.31. The molecule has 0 unspecified atom stereocenters. The molecule has 0 saturated heterocycles. The van der Waals surface area contributed by atoms with Crippen molar-refractivity contribution < 1.29 is 14.3 Å². The summed E-state index contributed by atoms with van der Waals surface area (Å²) >= 11 is 7.36. The Morgan fingerprint density at radius 2 is 1.60 bits per heavy atom. The van der Waals surface area contributed by atoms with E-state index in [1.165, 1.54) is 16.7 Å². The van der Waals surface area contributed by atoms with Crippen LogP contribution in [0.5, 0.6) is 5.75 Å². The van der Waals surface area contributed by atoms with E-state index in [-0.39, 0.29) is 11.8 Å². The quantitative estimate of drug-likeness (QED) is 0.480. The molecule has 4 nitrogen and oxygen atoms in total. The molecular formula is C24H18ClNO3S. The molecule has 3 aromatic rings. The third kappa shape index (κ3) is 3.62. The first-order chi connectivity index (χ1) is 14.5. The van der Waals surface area contributed by atoms with E-state index in [4.69, 9.17) is 16.3 Å². The van der Waals surface area contributed by atoms with Crippen LogP contribution in [0.3, 0.4) is 0 Å². The van der Waals surface area contributed by atoms with Gasteiger partial charge in [0, 0.05) is 15.5 Å². The van der Waals surface area contributed by atoms with Crippen LogP contribution in [0, 0.1) is 6.92 Å². The van der Waals surface area contributed by atoms with Crippen LogP contribution >= 0.6 is 23.4 Å². The summed E-state index contributed by atoms with van der Waals surface area (Å²) in [5.41, 5.74) is 2.19. The lowest BCUT2D eigenvalue weighted by atomic mass is 10.0. The molecule has 0 spiro atoms. The fourth-order valence-corrected chi connectivity index (χ4v) is 4.62. The third-order valence-electron chi connectivity index (χ3n) is 4.78. The molecule has 30 heavy (non-hydrogen) atoms. The van der Waals surface area contributed by atoms with Crippen LogP contribution in [0.4, 0.5) is 5.69 Å². The monoisotopic (exact) mass is 435 g/mol. The molecule has 0 saturated carbocycles. The van der Waals surface area contributed by atoms with E-state index in [9.17, 15) is 9.59 Å². The first kappa shape index (κ1) is 20.3. The smallest absolute Gasteiger partial charge is 0.272 e. The normalized spacial score (nSPS) is 13.9. The molecule has 1 aliphatic rings. The highest BCUT2D eigenvalue weighted by Gasteiger charge is 2.41. The molecule has 4 rings (SSSR count). The molecule has 2 amide bonds. The lowest BCUT2D eigenvalue weighted by Gasteiger charge is -2.18. The molecule has 1 aliphatic heterocycles. The van der Waals surface area contributed by atoms with Crippen molar-refractivity contribution in [1.82, 2.24) is 0 Å². The summed E-state index contributed by atoms with van der Waals surface area (Å²) in [6.45, 7) is 1.83. The second-order valence-electron chi connectivity index (χ2n) is 6.70. The Bertz CT molecular complexity index is 1170. The van der Waals surface area contributed by atoms with Crippen LogP contribution in [-0.2, 0) is 9.59 Å². The molecule has 1 heterocycles. The van der Waals surface area contributed by atoms with Crippen LogP contribution < -0.4 is 9.64 Å². The van der Waals surface area contributed by atoms with E-state index in [1.54, 1.807) is 37.4 Å². The number of aryl methyl sites for hydroxylation is 1. The predicted octanol–water partition coefficient (Wildman–Crippen LogP) is 5.73. The molecule has 0 fully saturated rings. The van der Waals surface area contributed by atoms with Crippen LogP contribution in [0.25, 0.3) is 5.57 Å². The molecule has 150 valence electrons. The zero-order valence-corrected chi connectivity index (χ0v) is 18.0. The number of carbonyl (C=O) groups is 2. The lowest BCUT2D eigenvalue weighted by molar-refractivity contribution is -0.119. The third-order valence-corrected chi connectivity index (χ3v) is 6.11. The zero-order valence-electron chi connectivity index (χ0n) is 16.4. The van der Waals surface area contributed by atoms with Crippen molar-refractivity contribution in [3.05, 3.63) is 93.9 Å². The van der Waals surface area contributed by atoms with Crippen molar-refractivity contribution in [3.63, 3.8) is 0 Å². The van der Waals surface area contributed by atoms with Gasteiger partial charge in [-0.1, -0.05) is 59.8 Å². The predicted molar refractivity (Wildman–Crippen MR) is 121 cm³/mol. The number of hydrogen-bond donors (Lipinski definition) is 0. The van der Waals surface area contributed by atoms with Gasteiger partial charge in [0.2, 0.25) is 0 Å². The Morgan fingerprint density at radius 1 is 0.900 bits per heavy atom. The number of methoxy groups -OCH3 is 1. The van der Waals surface area contributed by atoms with E-state index >= 15 is 0 Å². The molecule has 6 heteroatoms. The van der Waals surface area contributed by atoms with Crippen molar-refractivity contribution in [3.8, 4) is 5.75 Å². The van der Waals surface area contributed by atoms with Crippen LogP contribution in [-0.4, -0.2) is 18.9 Å². The second-order valence-corrected chi connectivity index (χ2v) is 8.22. The maximum absolute atomic E-state index is 13.6. The fraction of sp³-hybridized carbons (Fsp3) is 0.0833. The van der Waals surface area contributed by atoms with Crippen molar-refractivity contribution in [2.24, 2.45) is 0 Å². The van der Waals surface area contributed by atoms with Crippen LogP contribution in [0.15, 0.2) is 82.6 Å². The summed E-state index contributed by atoms with van der Waals surface area (Å²) in [6.07, 6.45) is 0.